The Morgan fingerprint density at radius 3 is 2.83 bits per heavy atom. The molecule has 1 amide bonds. The number of anilines is 2. The molecule has 1 atom stereocenters. The molecule has 3 rings (SSSR count). The number of rotatable bonds is 4. The lowest BCUT2D eigenvalue weighted by atomic mass is 10.1. The molecule has 1 aromatic carbocycles. The van der Waals surface area contributed by atoms with E-state index >= 15 is 0 Å². The van der Waals surface area contributed by atoms with Crippen molar-refractivity contribution in [3.63, 3.8) is 0 Å². The van der Waals surface area contributed by atoms with Crippen LogP contribution in [0.1, 0.15) is 22.8 Å². The number of nitrogens with zero attached hydrogens (tertiary/aromatic N) is 3. The molecule has 5 nitrogen and oxygen atoms in total. The van der Waals surface area contributed by atoms with E-state index in [0.29, 0.717) is 18.2 Å². The molecule has 5 heteroatoms. The van der Waals surface area contributed by atoms with Crippen molar-refractivity contribution in [2.75, 3.05) is 25.1 Å². The molecule has 2 heterocycles. The highest BCUT2D eigenvalue weighted by atomic mass is 16.3. The minimum absolute atomic E-state index is 0.0458. The Labute approximate surface area is 136 Å². The van der Waals surface area contributed by atoms with Gasteiger partial charge in [0.15, 0.2) is 0 Å². The van der Waals surface area contributed by atoms with Gasteiger partial charge in [-0.15, -0.1) is 0 Å². The number of amides is 1. The second-order valence-corrected chi connectivity index (χ2v) is 5.91. The summed E-state index contributed by atoms with van der Waals surface area (Å²) < 4.78 is 0. The number of pyridine rings is 1. The number of carbonyl (C=O) groups excluding carboxylic acids is 1. The van der Waals surface area contributed by atoms with E-state index < -0.39 is 0 Å². The van der Waals surface area contributed by atoms with E-state index in [-0.39, 0.29) is 12.5 Å². The highest BCUT2D eigenvalue weighted by Gasteiger charge is 2.27. The number of hydrogen-bond acceptors (Lipinski definition) is 4. The SMILES string of the molecule is CC1Cc2ccccc2N1c1ccc(C(=O)N(C)CCO)cn1. The average Bonchev–Trinajstić information content (AvgIpc) is 2.90. The smallest absolute Gasteiger partial charge is 0.255 e. The summed E-state index contributed by atoms with van der Waals surface area (Å²) in [5.74, 6) is 0.719. The number of aliphatic hydroxyl groups excluding tert-OH is 1. The fourth-order valence-corrected chi connectivity index (χ4v) is 3.04. The Hall–Kier alpha value is -2.40. The van der Waals surface area contributed by atoms with Gasteiger partial charge in [-0.05, 0) is 37.1 Å². The molecule has 0 fully saturated rings. The third kappa shape index (κ3) is 2.92. The van der Waals surface area contributed by atoms with E-state index in [9.17, 15) is 4.79 Å². The number of likely N-dealkylation sites (N-methyl/N-ethyl adjacent to an activating group) is 1. The lowest BCUT2D eigenvalue weighted by Crippen LogP contribution is -2.30. The summed E-state index contributed by atoms with van der Waals surface area (Å²) in [6.07, 6.45) is 2.61. The third-order valence-corrected chi connectivity index (χ3v) is 4.23. The molecule has 1 aliphatic heterocycles. The van der Waals surface area contributed by atoms with Crippen molar-refractivity contribution < 1.29 is 9.90 Å². The minimum atomic E-state index is -0.132. The van der Waals surface area contributed by atoms with Gasteiger partial charge in [-0.1, -0.05) is 18.2 Å². The largest absolute Gasteiger partial charge is 0.395 e. The van der Waals surface area contributed by atoms with Crippen LogP contribution in [0.3, 0.4) is 0 Å². The van der Waals surface area contributed by atoms with Crippen LogP contribution in [-0.2, 0) is 6.42 Å². The zero-order chi connectivity index (χ0) is 16.4. The fraction of sp³-hybridized carbons (Fsp3) is 0.333. The van der Waals surface area contributed by atoms with E-state index in [1.54, 1.807) is 19.3 Å². The first-order valence-corrected chi connectivity index (χ1v) is 7.81. The van der Waals surface area contributed by atoms with Crippen LogP contribution in [0.15, 0.2) is 42.6 Å². The van der Waals surface area contributed by atoms with Gasteiger partial charge >= 0.3 is 0 Å². The van der Waals surface area contributed by atoms with Gasteiger partial charge < -0.3 is 14.9 Å². The summed E-state index contributed by atoms with van der Waals surface area (Å²) in [5.41, 5.74) is 3.04. The Morgan fingerprint density at radius 2 is 2.13 bits per heavy atom. The molecule has 0 saturated carbocycles. The van der Waals surface area contributed by atoms with Crippen molar-refractivity contribution in [1.29, 1.82) is 0 Å². The predicted octanol–water partition coefficient (Wildman–Crippen LogP) is 2.23. The van der Waals surface area contributed by atoms with E-state index in [0.717, 1.165) is 12.2 Å². The molecule has 2 aromatic rings. The lowest BCUT2D eigenvalue weighted by Gasteiger charge is -2.24. The van der Waals surface area contributed by atoms with Crippen molar-refractivity contribution in [2.24, 2.45) is 0 Å². The van der Waals surface area contributed by atoms with Gasteiger partial charge in [0.2, 0.25) is 0 Å². The second-order valence-electron chi connectivity index (χ2n) is 5.91. The molecule has 0 spiro atoms. The number of fused-ring (bicyclic) bond motifs is 1. The van der Waals surface area contributed by atoms with Crippen LogP contribution < -0.4 is 4.90 Å². The Kier molecular flexibility index (Phi) is 4.30. The Balaban J connectivity index is 1.84. The molecule has 0 saturated heterocycles. The normalized spacial score (nSPS) is 16.3. The van der Waals surface area contributed by atoms with Gasteiger partial charge in [-0.2, -0.15) is 0 Å². The minimum Gasteiger partial charge on any atom is -0.395 e. The van der Waals surface area contributed by atoms with Crippen molar-refractivity contribution >= 4 is 17.4 Å². The van der Waals surface area contributed by atoms with Crippen LogP contribution in [0.2, 0.25) is 0 Å². The molecule has 1 unspecified atom stereocenters. The first-order chi connectivity index (χ1) is 11.1. The molecule has 0 bridgehead atoms. The molecule has 0 aliphatic carbocycles. The Morgan fingerprint density at radius 1 is 1.35 bits per heavy atom. The van der Waals surface area contributed by atoms with Crippen LogP contribution >= 0.6 is 0 Å². The maximum absolute atomic E-state index is 12.2. The van der Waals surface area contributed by atoms with Crippen LogP contribution in [0.4, 0.5) is 11.5 Å². The number of aromatic nitrogens is 1. The summed E-state index contributed by atoms with van der Waals surface area (Å²) in [6, 6.07) is 12.4. The average molecular weight is 311 g/mol. The van der Waals surface area contributed by atoms with Crippen molar-refractivity contribution in [3.8, 4) is 0 Å². The van der Waals surface area contributed by atoms with Crippen LogP contribution in [-0.4, -0.2) is 47.1 Å². The Bertz CT molecular complexity index is 700. The molecule has 1 N–H and O–H groups in total. The number of para-hydroxylation sites is 1. The number of benzene rings is 1. The summed E-state index contributed by atoms with van der Waals surface area (Å²) in [7, 11) is 1.67. The number of aliphatic hydroxyl groups is 1. The first-order valence-electron chi connectivity index (χ1n) is 7.81. The topological polar surface area (TPSA) is 56.7 Å². The zero-order valence-corrected chi connectivity index (χ0v) is 13.4. The van der Waals surface area contributed by atoms with E-state index in [4.69, 9.17) is 5.11 Å². The molecular weight excluding hydrogens is 290 g/mol. The first kappa shape index (κ1) is 15.5. The van der Waals surface area contributed by atoms with Gasteiger partial charge in [-0.3, -0.25) is 4.79 Å². The highest BCUT2D eigenvalue weighted by molar-refractivity contribution is 5.94. The molecule has 120 valence electrons. The van der Waals surface area contributed by atoms with Gasteiger partial charge in [0.1, 0.15) is 5.82 Å². The van der Waals surface area contributed by atoms with E-state index in [1.165, 1.54) is 16.2 Å². The van der Waals surface area contributed by atoms with Crippen molar-refractivity contribution in [1.82, 2.24) is 9.88 Å². The van der Waals surface area contributed by atoms with E-state index in [1.807, 2.05) is 12.1 Å². The number of hydrogen-bond donors (Lipinski definition) is 1. The second kappa shape index (κ2) is 6.38. The third-order valence-electron chi connectivity index (χ3n) is 4.23. The summed E-state index contributed by atoms with van der Waals surface area (Å²) >= 11 is 0. The van der Waals surface area contributed by atoms with Crippen LogP contribution in [0.25, 0.3) is 0 Å². The molecule has 1 aliphatic rings. The van der Waals surface area contributed by atoms with Gasteiger partial charge in [0.25, 0.3) is 5.91 Å². The van der Waals surface area contributed by atoms with Crippen molar-refractivity contribution in [2.45, 2.75) is 19.4 Å². The summed E-state index contributed by atoms with van der Waals surface area (Å²) in [4.78, 5) is 20.4. The van der Waals surface area contributed by atoms with Crippen LogP contribution in [0, 0.1) is 0 Å². The molecule has 23 heavy (non-hydrogen) atoms. The zero-order valence-electron chi connectivity index (χ0n) is 13.4. The number of carbonyl (C=O) groups is 1. The predicted molar refractivity (Wildman–Crippen MR) is 90.0 cm³/mol. The standard InChI is InChI=1S/C18H21N3O2/c1-13-11-14-5-3-4-6-16(14)21(13)17-8-7-15(12-19-17)18(23)20(2)9-10-22/h3-8,12-13,22H,9-11H2,1-2H3. The maximum atomic E-state index is 12.2. The van der Waals surface area contributed by atoms with Gasteiger partial charge in [-0.25, -0.2) is 4.98 Å². The van der Waals surface area contributed by atoms with Crippen molar-refractivity contribution in [3.05, 3.63) is 53.7 Å². The summed E-state index contributed by atoms with van der Waals surface area (Å²) in [5, 5.41) is 8.93. The quantitative estimate of drug-likeness (QED) is 0.941. The van der Waals surface area contributed by atoms with Gasteiger partial charge in [0.05, 0.1) is 12.2 Å². The molecule has 1 aromatic heterocycles. The van der Waals surface area contributed by atoms with E-state index in [2.05, 4.69) is 35.0 Å². The van der Waals surface area contributed by atoms with Crippen LogP contribution in [0.5, 0.6) is 0 Å². The fourth-order valence-electron chi connectivity index (χ4n) is 3.04. The summed E-state index contributed by atoms with van der Waals surface area (Å²) in [6.45, 7) is 2.45. The van der Waals surface area contributed by atoms with Gasteiger partial charge in [0, 0.05) is 31.5 Å². The molecular formula is C18H21N3O2. The maximum Gasteiger partial charge on any atom is 0.255 e. The highest BCUT2D eigenvalue weighted by Crippen LogP contribution is 2.36. The monoisotopic (exact) mass is 311 g/mol. The molecule has 0 radical (unpaired) electrons. The lowest BCUT2D eigenvalue weighted by molar-refractivity contribution is 0.0766.